The summed E-state index contributed by atoms with van der Waals surface area (Å²) in [4.78, 5) is 17.8. The highest BCUT2D eigenvalue weighted by molar-refractivity contribution is 5.96. The van der Waals surface area contributed by atoms with Crippen LogP contribution in [0.15, 0.2) is 4.52 Å². The zero-order valence-corrected chi connectivity index (χ0v) is 17.6. The molecule has 3 N–H and O–H groups in total. The molecule has 2 fully saturated rings. The second-order valence-corrected chi connectivity index (χ2v) is 8.20. The van der Waals surface area contributed by atoms with Crippen molar-refractivity contribution in [3.63, 3.8) is 0 Å². The molecule has 2 aliphatic carbocycles. The van der Waals surface area contributed by atoms with E-state index in [9.17, 15) is 4.79 Å². The van der Waals surface area contributed by atoms with Gasteiger partial charge in [-0.15, -0.1) is 12.4 Å². The molecule has 8 nitrogen and oxygen atoms in total. The molecule has 4 rings (SSSR count). The van der Waals surface area contributed by atoms with Crippen molar-refractivity contribution in [2.75, 3.05) is 0 Å². The molecule has 2 aromatic heterocycles. The van der Waals surface area contributed by atoms with Crippen LogP contribution in [-0.4, -0.2) is 25.8 Å². The first-order valence-corrected chi connectivity index (χ1v) is 9.81. The fourth-order valence-electron chi connectivity index (χ4n) is 4.60. The molecule has 0 spiro atoms. The Bertz CT molecular complexity index is 862. The number of rotatable bonds is 4. The SMILES string of the molecule is Cc1nn(C)c(C)c1C(=O)NC1(c2nc(C3(N)CCCC3)no2)CCCC1.Cl. The van der Waals surface area contributed by atoms with Crippen LogP contribution in [0.25, 0.3) is 0 Å². The van der Waals surface area contributed by atoms with Crippen LogP contribution >= 0.6 is 12.4 Å². The summed E-state index contributed by atoms with van der Waals surface area (Å²) < 4.78 is 7.39. The molecular formula is C19H29ClN6O2. The van der Waals surface area contributed by atoms with E-state index >= 15 is 0 Å². The minimum absolute atomic E-state index is 0. The molecule has 9 heteroatoms. The van der Waals surface area contributed by atoms with E-state index in [1.54, 1.807) is 4.68 Å². The van der Waals surface area contributed by atoms with Crippen LogP contribution in [0.5, 0.6) is 0 Å². The number of aryl methyl sites for hydroxylation is 2. The van der Waals surface area contributed by atoms with Crippen molar-refractivity contribution in [3.05, 3.63) is 28.7 Å². The maximum Gasteiger partial charge on any atom is 0.255 e. The van der Waals surface area contributed by atoms with Crippen molar-refractivity contribution in [2.24, 2.45) is 12.8 Å². The second-order valence-electron chi connectivity index (χ2n) is 8.20. The maximum absolute atomic E-state index is 13.1. The summed E-state index contributed by atoms with van der Waals surface area (Å²) >= 11 is 0. The third kappa shape index (κ3) is 3.33. The summed E-state index contributed by atoms with van der Waals surface area (Å²) in [6.07, 6.45) is 7.52. The normalized spacial score (nSPS) is 20.1. The van der Waals surface area contributed by atoms with Gasteiger partial charge in [-0.3, -0.25) is 9.48 Å². The summed E-state index contributed by atoms with van der Waals surface area (Å²) in [5, 5.41) is 11.8. The molecule has 0 atom stereocenters. The highest BCUT2D eigenvalue weighted by Crippen LogP contribution is 2.40. The number of nitrogens with one attached hydrogen (secondary N) is 1. The smallest absolute Gasteiger partial charge is 0.255 e. The average Bonchev–Trinajstić information content (AvgIpc) is 3.37. The van der Waals surface area contributed by atoms with E-state index in [-0.39, 0.29) is 18.3 Å². The van der Waals surface area contributed by atoms with Crippen molar-refractivity contribution in [1.82, 2.24) is 25.2 Å². The fourth-order valence-corrected chi connectivity index (χ4v) is 4.60. The number of aromatic nitrogens is 4. The Kier molecular flexibility index (Phi) is 5.55. The summed E-state index contributed by atoms with van der Waals surface area (Å²) in [7, 11) is 1.84. The van der Waals surface area contributed by atoms with Gasteiger partial charge < -0.3 is 15.6 Å². The number of carbonyl (C=O) groups is 1. The Labute approximate surface area is 171 Å². The third-order valence-electron chi connectivity index (χ3n) is 6.32. The minimum atomic E-state index is -0.619. The minimum Gasteiger partial charge on any atom is -0.337 e. The van der Waals surface area contributed by atoms with Crippen molar-refractivity contribution < 1.29 is 9.32 Å². The van der Waals surface area contributed by atoms with Gasteiger partial charge in [0, 0.05) is 12.7 Å². The number of hydrogen-bond donors (Lipinski definition) is 2. The Balaban J connectivity index is 0.00000225. The van der Waals surface area contributed by atoms with Gasteiger partial charge >= 0.3 is 0 Å². The van der Waals surface area contributed by atoms with Gasteiger partial charge in [0.25, 0.3) is 11.8 Å². The number of amides is 1. The summed E-state index contributed by atoms with van der Waals surface area (Å²) in [5.41, 5.74) is 7.55. The zero-order chi connectivity index (χ0) is 19.2. The van der Waals surface area contributed by atoms with Crippen LogP contribution < -0.4 is 11.1 Å². The molecule has 28 heavy (non-hydrogen) atoms. The van der Waals surface area contributed by atoms with E-state index in [1.165, 1.54) is 0 Å². The lowest BCUT2D eigenvalue weighted by molar-refractivity contribution is 0.0873. The molecular weight excluding hydrogens is 380 g/mol. The van der Waals surface area contributed by atoms with E-state index in [4.69, 9.17) is 10.3 Å². The lowest BCUT2D eigenvalue weighted by atomic mass is 9.95. The fraction of sp³-hybridized carbons (Fsp3) is 0.684. The van der Waals surface area contributed by atoms with Crippen LogP contribution in [0.4, 0.5) is 0 Å². The molecule has 2 aliphatic rings. The first-order chi connectivity index (χ1) is 12.8. The predicted octanol–water partition coefficient (Wildman–Crippen LogP) is 2.77. The second kappa shape index (κ2) is 7.48. The molecule has 0 aromatic carbocycles. The van der Waals surface area contributed by atoms with E-state index in [1.807, 2.05) is 20.9 Å². The van der Waals surface area contributed by atoms with Gasteiger partial charge in [-0.05, 0) is 39.5 Å². The quantitative estimate of drug-likeness (QED) is 0.804. The third-order valence-corrected chi connectivity index (χ3v) is 6.32. The molecule has 2 saturated carbocycles. The van der Waals surface area contributed by atoms with Gasteiger partial charge in [0.05, 0.1) is 16.8 Å². The van der Waals surface area contributed by atoms with Crippen molar-refractivity contribution in [2.45, 2.75) is 76.3 Å². The van der Waals surface area contributed by atoms with Gasteiger partial charge in [-0.2, -0.15) is 10.1 Å². The highest BCUT2D eigenvalue weighted by Gasteiger charge is 2.45. The lowest BCUT2D eigenvalue weighted by Crippen LogP contribution is -2.44. The van der Waals surface area contributed by atoms with Crippen LogP contribution in [0.2, 0.25) is 0 Å². The van der Waals surface area contributed by atoms with Crippen LogP contribution in [-0.2, 0) is 18.1 Å². The Hall–Kier alpha value is -1.93. The standard InChI is InChI=1S/C19H28N6O2.ClH/c1-12-14(13(2)25(3)23-12)15(26)22-19(10-6-7-11-19)17-21-16(24-27-17)18(20)8-4-5-9-18;/h4-11,20H2,1-3H3,(H,22,26);1H. The van der Waals surface area contributed by atoms with Crippen LogP contribution in [0.1, 0.15) is 84.8 Å². The van der Waals surface area contributed by atoms with Crippen molar-refractivity contribution in [3.8, 4) is 0 Å². The van der Waals surface area contributed by atoms with E-state index in [0.29, 0.717) is 17.3 Å². The van der Waals surface area contributed by atoms with Gasteiger partial charge in [-0.25, -0.2) is 0 Å². The summed E-state index contributed by atoms with van der Waals surface area (Å²) in [5.74, 6) is 0.923. The molecule has 1 amide bonds. The number of hydrogen-bond acceptors (Lipinski definition) is 6. The molecule has 2 heterocycles. The van der Waals surface area contributed by atoms with Crippen molar-refractivity contribution in [1.29, 1.82) is 0 Å². The first kappa shape index (κ1) is 20.8. The average molecular weight is 409 g/mol. The zero-order valence-electron chi connectivity index (χ0n) is 16.7. The predicted molar refractivity (Wildman–Crippen MR) is 106 cm³/mol. The van der Waals surface area contributed by atoms with Gasteiger partial charge in [0.15, 0.2) is 5.82 Å². The topological polar surface area (TPSA) is 112 Å². The molecule has 2 aromatic rings. The van der Waals surface area contributed by atoms with Gasteiger partial charge in [0.2, 0.25) is 0 Å². The van der Waals surface area contributed by atoms with E-state index in [0.717, 1.165) is 62.8 Å². The van der Waals surface area contributed by atoms with Gasteiger partial charge in [-0.1, -0.05) is 30.8 Å². The monoisotopic (exact) mass is 408 g/mol. The maximum atomic E-state index is 13.1. The Morgan fingerprint density at radius 1 is 1.14 bits per heavy atom. The van der Waals surface area contributed by atoms with E-state index < -0.39 is 11.1 Å². The molecule has 0 radical (unpaired) electrons. The largest absolute Gasteiger partial charge is 0.337 e. The lowest BCUT2D eigenvalue weighted by Gasteiger charge is -2.26. The summed E-state index contributed by atoms with van der Waals surface area (Å²) in [6, 6.07) is 0. The molecule has 0 saturated heterocycles. The Morgan fingerprint density at radius 2 is 1.75 bits per heavy atom. The van der Waals surface area contributed by atoms with Crippen LogP contribution in [0, 0.1) is 13.8 Å². The Morgan fingerprint density at radius 3 is 2.32 bits per heavy atom. The number of carbonyl (C=O) groups excluding carboxylic acids is 1. The molecule has 0 aliphatic heterocycles. The number of nitrogens with zero attached hydrogens (tertiary/aromatic N) is 4. The molecule has 154 valence electrons. The van der Waals surface area contributed by atoms with Crippen molar-refractivity contribution >= 4 is 18.3 Å². The molecule has 0 bridgehead atoms. The molecule has 0 unspecified atom stereocenters. The first-order valence-electron chi connectivity index (χ1n) is 9.81. The van der Waals surface area contributed by atoms with E-state index in [2.05, 4.69) is 20.6 Å². The van der Waals surface area contributed by atoms with Crippen LogP contribution in [0.3, 0.4) is 0 Å². The number of nitrogens with two attached hydrogens (primary N) is 1. The summed E-state index contributed by atoms with van der Waals surface area (Å²) in [6.45, 7) is 3.76. The van der Waals surface area contributed by atoms with Gasteiger partial charge in [0.1, 0.15) is 5.54 Å². The number of halogens is 1. The highest BCUT2D eigenvalue weighted by atomic mass is 35.5.